The Balaban J connectivity index is 1.91. The minimum Gasteiger partial charge on any atom is -0.465 e. The van der Waals surface area contributed by atoms with Gasteiger partial charge in [0.1, 0.15) is 5.92 Å². The Kier molecular flexibility index (Phi) is 4.95. The van der Waals surface area contributed by atoms with Crippen molar-refractivity contribution >= 4 is 11.9 Å². The second kappa shape index (κ2) is 6.37. The zero-order valence-electron chi connectivity index (χ0n) is 13.8. The summed E-state index contributed by atoms with van der Waals surface area (Å²) in [6.07, 6.45) is 5.25. The van der Waals surface area contributed by atoms with Gasteiger partial charge in [0.2, 0.25) is 5.91 Å². The van der Waals surface area contributed by atoms with Crippen LogP contribution in [-0.4, -0.2) is 25.0 Å². The van der Waals surface area contributed by atoms with Gasteiger partial charge >= 0.3 is 5.97 Å². The number of hydrogen-bond donors (Lipinski definition) is 1. The molecule has 2 rings (SSSR count). The largest absolute Gasteiger partial charge is 0.465 e. The second-order valence-electron chi connectivity index (χ2n) is 7.73. The van der Waals surface area contributed by atoms with E-state index in [0.29, 0.717) is 19.1 Å². The quantitative estimate of drug-likeness (QED) is 0.627. The van der Waals surface area contributed by atoms with Crippen LogP contribution in [0.2, 0.25) is 0 Å². The van der Waals surface area contributed by atoms with Crippen molar-refractivity contribution in [3.8, 4) is 0 Å². The van der Waals surface area contributed by atoms with Crippen molar-refractivity contribution in [2.45, 2.75) is 53.4 Å². The smallest absolute Gasteiger partial charge is 0.319 e. The molecule has 4 unspecified atom stereocenters. The molecule has 0 aliphatic heterocycles. The molecule has 4 nitrogen and oxygen atoms in total. The van der Waals surface area contributed by atoms with Crippen LogP contribution in [0, 0.1) is 29.1 Å². The predicted molar refractivity (Wildman–Crippen MR) is 81.5 cm³/mol. The number of ether oxygens (including phenoxy) is 1. The molecule has 0 heterocycles. The summed E-state index contributed by atoms with van der Waals surface area (Å²) >= 11 is 0. The SMILES string of the molecule is CCOC(=O)C(C(=O)NCC1CC2CCC1C2)C(C)(C)C. The van der Waals surface area contributed by atoms with E-state index in [0.717, 1.165) is 11.8 Å². The van der Waals surface area contributed by atoms with E-state index < -0.39 is 17.3 Å². The van der Waals surface area contributed by atoms with Gasteiger partial charge in [-0.2, -0.15) is 0 Å². The third-order valence-electron chi connectivity index (χ3n) is 5.07. The molecule has 0 radical (unpaired) electrons. The Labute approximate surface area is 128 Å². The lowest BCUT2D eigenvalue weighted by atomic mass is 9.80. The van der Waals surface area contributed by atoms with Crippen molar-refractivity contribution in [3.63, 3.8) is 0 Å². The van der Waals surface area contributed by atoms with Crippen LogP contribution in [0.25, 0.3) is 0 Å². The summed E-state index contributed by atoms with van der Waals surface area (Å²) in [6.45, 7) is 8.52. The molecule has 2 fully saturated rings. The first-order valence-electron chi connectivity index (χ1n) is 8.27. The zero-order chi connectivity index (χ0) is 15.6. The average Bonchev–Trinajstić information content (AvgIpc) is 2.97. The summed E-state index contributed by atoms with van der Waals surface area (Å²) < 4.78 is 5.07. The maximum Gasteiger partial charge on any atom is 0.319 e. The number of nitrogens with one attached hydrogen (secondary N) is 1. The van der Waals surface area contributed by atoms with Crippen LogP contribution in [0.1, 0.15) is 53.4 Å². The highest BCUT2D eigenvalue weighted by molar-refractivity contribution is 5.98. The van der Waals surface area contributed by atoms with Crippen molar-refractivity contribution in [1.29, 1.82) is 0 Å². The maximum absolute atomic E-state index is 12.5. The first-order valence-corrected chi connectivity index (χ1v) is 8.27. The van der Waals surface area contributed by atoms with Gasteiger partial charge in [0.15, 0.2) is 0 Å². The third-order valence-corrected chi connectivity index (χ3v) is 5.07. The topological polar surface area (TPSA) is 55.4 Å². The fourth-order valence-electron chi connectivity index (χ4n) is 4.04. The van der Waals surface area contributed by atoms with Crippen LogP contribution in [0.5, 0.6) is 0 Å². The number of esters is 1. The molecule has 2 aliphatic rings. The zero-order valence-corrected chi connectivity index (χ0v) is 13.8. The van der Waals surface area contributed by atoms with E-state index in [1.165, 1.54) is 25.7 Å². The van der Waals surface area contributed by atoms with E-state index in [-0.39, 0.29) is 5.91 Å². The molecule has 0 spiro atoms. The van der Waals surface area contributed by atoms with Crippen molar-refractivity contribution in [2.24, 2.45) is 29.1 Å². The van der Waals surface area contributed by atoms with Crippen LogP contribution in [-0.2, 0) is 14.3 Å². The number of amides is 1. The Hall–Kier alpha value is -1.06. The number of carbonyl (C=O) groups excluding carboxylic acids is 2. The molecule has 1 amide bonds. The minimum absolute atomic E-state index is 0.177. The number of fused-ring (bicyclic) bond motifs is 2. The molecule has 0 aromatic rings. The van der Waals surface area contributed by atoms with Crippen molar-refractivity contribution < 1.29 is 14.3 Å². The molecule has 1 N–H and O–H groups in total. The fourth-order valence-corrected chi connectivity index (χ4v) is 4.04. The van der Waals surface area contributed by atoms with Crippen LogP contribution >= 0.6 is 0 Å². The van der Waals surface area contributed by atoms with Crippen LogP contribution < -0.4 is 5.32 Å². The average molecular weight is 295 g/mol. The van der Waals surface area contributed by atoms with Crippen molar-refractivity contribution in [3.05, 3.63) is 0 Å². The molecule has 4 heteroatoms. The Morgan fingerprint density at radius 1 is 1.24 bits per heavy atom. The molecule has 120 valence electrons. The summed E-state index contributed by atoms with van der Waals surface area (Å²) in [7, 11) is 0. The molecular weight excluding hydrogens is 266 g/mol. The molecule has 0 saturated heterocycles. The molecule has 2 aliphatic carbocycles. The van der Waals surface area contributed by atoms with Gasteiger partial charge in [-0.25, -0.2) is 0 Å². The molecule has 2 saturated carbocycles. The van der Waals surface area contributed by atoms with E-state index in [1.54, 1.807) is 6.92 Å². The maximum atomic E-state index is 12.5. The van der Waals surface area contributed by atoms with Gasteiger partial charge in [0.05, 0.1) is 6.61 Å². The first kappa shape index (κ1) is 16.3. The summed E-state index contributed by atoms with van der Waals surface area (Å²) in [6, 6.07) is 0. The van der Waals surface area contributed by atoms with Crippen LogP contribution in [0.3, 0.4) is 0 Å². The van der Waals surface area contributed by atoms with Crippen molar-refractivity contribution in [2.75, 3.05) is 13.2 Å². The monoisotopic (exact) mass is 295 g/mol. The lowest BCUT2D eigenvalue weighted by molar-refractivity contribution is -0.156. The van der Waals surface area contributed by atoms with Gasteiger partial charge in [-0.1, -0.05) is 27.2 Å². The number of hydrogen-bond acceptors (Lipinski definition) is 3. The highest BCUT2D eigenvalue weighted by Gasteiger charge is 2.42. The Morgan fingerprint density at radius 2 is 1.95 bits per heavy atom. The van der Waals surface area contributed by atoms with Crippen molar-refractivity contribution in [1.82, 2.24) is 5.32 Å². The summed E-state index contributed by atoms with van der Waals surface area (Å²) in [4.78, 5) is 24.5. The minimum atomic E-state index is -0.726. The lowest BCUT2D eigenvalue weighted by Crippen LogP contribution is -2.45. The van der Waals surface area contributed by atoms with Gasteiger partial charge in [0, 0.05) is 6.54 Å². The fraction of sp³-hybridized carbons (Fsp3) is 0.882. The van der Waals surface area contributed by atoms with Gasteiger partial charge in [-0.15, -0.1) is 0 Å². The Bertz CT molecular complexity index is 399. The highest BCUT2D eigenvalue weighted by Crippen LogP contribution is 2.48. The molecule has 4 atom stereocenters. The summed E-state index contributed by atoms with van der Waals surface area (Å²) in [5.74, 6) is 0.956. The number of rotatable bonds is 5. The molecule has 2 bridgehead atoms. The van der Waals surface area contributed by atoms with Crippen LogP contribution in [0.15, 0.2) is 0 Å². The van der Waals surface area contributed by atoms with Gasteiger partial charge in [0.25, 0.3) is 0 Å². The third kappa shape index (κ3) is 3.78. The van der Waals surface area contributed by atoms with Gasteiger partial charge < -0.3 is 10.1 Å². The highest BCUT2D eigenvalue weighted by atomic mass is 16.5. The standard InChI is InChI=1S/C17H29NO3/c1-5-21-16(20)14(17(2,3)4)15(19)18-10-13-9-11-6-7-12(13)8-11/h11-14H,5-10H2,1-4H3,(H,18,19). The molecule has 0 aromatic carbocycles. The molecule has 21 heavy (non-hydrogen) atoms. The van der Waals surface area contributed by atoms with E-state index in [9.17, 15) is 9.59 Å². The molecule has 0 aromatic heterocycles. The van der Waals surface area contributed by atoms with E-state index in [2.05, 4.69) is 5.32 Å². The van der Waals surface area contributed by atoms with E-state index >= 15 is 0 Å². The van der Waals surface area contributed by atoms with E-state index in [1.807, 2.05) is 20.8 Å². The Morgan fingerprint density at radius 3 is 2.43 bits per heavy atom. The normalized spacial score (nSPS) is 29.2. The van der Waals surface area contributed by atoms with Gasteiger partial charge in [-0.3, -0.25) is 9.59 Å². The lowest BCUT2D eigenvalue weighted by Gasteiger charge is -2.29. The summed E-state index contributed by atoms with van der Waals surface area (Å²) in [5.41, 5.74) is -0.426. The van der Waals surface area contributed by atoms with Crippen LogP contribution in [0.4, 0.5) is 0 Å². The number of carbonyl (C=O) groups is 2. The predicted octanol–water partition coefficient (Wildman–Crippen LogP) is 2.76. The van der Waals surface area contributed by atoms with E-state index in [4.69, 9.17) is 4.74 Å². The van der Waals surface area contributed by atoms with Gasteiger partial charge in [-0.05, 0) is 49.4 Å². The first-order chi connectivity index (χ1) is 9.82. The molecular formula is C17H29NO3. The second-order valence-corrected chi connectivity index (χ2v) is 7.73. The summed E-state index contributed by atoms with van der Waals surface area (Å²) in [5, 5.41) is 3.02.